The van der Waals surface area contributed by atoms with Crippen molar-refractivity contribution in [3.63, 3.8) is 0 Å². The van der Waals surface area contributed by atoms with Crippen LogP contribution in [0.5, 0.6) is 0 Å². The standard InChI is InChI=1S/C20H28N2O4S/c1-13-5-6-16-17(12-27-18(16)10-13)20(26)21-8-3-4-15(7-9-21)22(14(2)23)11-19(24)25/h12-13,15H,3-11H2,1-2H3,(H,24,25). The Morgan fingerprint density at radius 3 is 2.74 bits per heavy atom. The Morgan fingerprint density at radius 1 is 1.26 bits per heavy atom. The summed E-state index contributed by atoms with van der Waals surface area (Å²) in [7, 11) is 0. The summed E-state index contributed by atoms with van der Waals surface area (Å²) in [5.41, 5.74) is 2.09. The molecule has 7 heteroatoms. The third-order valence-electron chi connectivity index (χ3n) is 5.77. The van der Waals surface area contributed by atoms with Gasteiger partial charge in [0, 0.05) is 36.3 Å². The van der Waals surface area contributed by atoms with Crippen molar-refractivity contribution < 1.29 is 19.5 Å². The van der Waals surface area contributed by atoms with E-state index in [0.29, 0.717) is 25.4 Å². The van der Waals surface area contributed by atoms with E-state index in [1.807, 2.05) is 10.3 Å². The summed E-state index contributed by atoms with van der Waals surface area (Å²) in [5.74, 6) is -0.440. The minimum atomic E-state index is -0.999. The van der Waals surface area contributed by atoms with E-state index >= 15 is 0 Å². The molecule has 1 aliphatic carbocycles. The number of carbonyl (C=O) groups excluding carboxylic acids is 2. The molecule has 3 rings (SSSR count). The highest BCUT2D eigenvalue weighted by atomic mass is 32.1. The van der Waals surface area contributed by atoms with E-state index in [9.17, 15) is 14.4 Å². The molecule has 2 aliphatic rings. The van der Waals surface area contributed by atoms with Gasteiger partial charge in [-0.3, -0.25) is 14.4 Å². The van der Waals surface area contributed by atoms with Crippen LogP contribution in [0.25, 0.3) is 0 Å². The summed E-state index contributed by atoms with van der Waals surface area (Å²) in [6.07, 6.45) is 5.32. The molecule has 148 valence electrons. The average molecular weight is 393 g/mol. The second-order valence-electron chi connectivity index (χ2n) is 7.82. The first kappa shape index (κ1) is 19.9. The number of rotatable bonds is 4. The van der Waals surface area contributed by atoms with Crippen molar-refractivity contribution in [2.75, 3.05) is 19.6 Å². The highest BCUT2D eigenvalue weighted by molar-refractivity contribution is 7.10. The largest absolute Gasteiger partial charge is 0.480 e. The maximum atomic E-state index is 13.1. The molecule has 1 saturated heterocycles. The van der Waals surface area contributed by atoms with Crippen molar-refractivity contribution in [1.29, 1.82) is 0 Å². The van der Waals surface area contributed by atoms with Gasteiger partial charge in [0.2, 0.25) is 5.91 Å². The monoisotopic (exact) mass is 392 g/mol. The topological polar surface area (TPSA) is 77.9 Å². The van der Waals surface area contributed by atoms with Gasteiger partial charge in [0.15, 0.2) is 0 Å². The molecule has 1 N–H and O–H groups in total. The molecular formula is C20H28N2O4S. The van der Waals surface area contributed by atoms with E-state index in [1.165, 1.54) is 22.3 Å². The van der Waals surface area contributed by atoms with Crippen LogP contribution in [0.1, 0.15) is 60.3 Å². The van der Waals surface area contributed by atoms with E-state index in [2.05, 4.69) is 6.92 Å². The van der Waals surface area contributed by atoms with Crippen molar-refractivity contribution >= 4 is 29.1 Å². The minimum absolute atomic E-state index is 0.0929. The zero-order chi connectivity index (χ0) is 19.6. The van der Waals surface area contributed by atoms with Gasteiger partial charge in [-0.2, -0.15) is 0 Å². The van der Waals surface area contributed by atoms with Crippen LogP contribution in [0.2, 0.25) is 0 Å². The fourth-order valence-corrected chi connectivity index (χ4v) is 5.50. The van der Waals surface area contributed by atoms with Gasteiger partial charge in [-0.25, -0.2) is 0 Å². The molecule has 2 atom stereocenters. The number of carboxylic acid groups (broad SMARTS) is 1. The van der Waals surface area contributed by atoms with Crippen molar-refractivity contribution in [3.8, 4) is 0 Å². The lowest BCUT2D eigenvalue weighted by molar-refractivity contribution is -0.145. The van der Waals surface area contributed by atoms with E-state index in [-0.39, 0.29) is 24.4 Å². The predicted octanol–water partition coefficient (Wildman–Crippen LogP) is 2.80. The highest BCUT2D eigenvalue weighted by Gasteiger charge is 2.30. The van der Waals surface area contributed by atoms with Gasteiger partial charge in [0.05, 0.1) is 5.56 Å². The molecule has 0 radical (unpaired) electrons. The van der Waals surface area contributed by atoms with Gasteiger partial charge in [-0.05, 0) is 50.0 Å². The number of likely N-dealkylation sites (tertiary alicyclic amines) is 1. The molecule has 1 aromatic heterocycles. The Kier molecular flexibility index (Phi) is 6.19. The molecule has 0 bridgehead atoms. The van der Waals surface area contributed by atoms with Gasteiger partial charge in [0.1, 0.15) is 6.54 Å². The summed E-state index contributed by atoms with van der Waals surface area (Å²) in [4.78, 5) is 40.7. The van der Waals surface area contributed by atoms with E-state index in [0.717, 1.165) is 37.7 Å². The smallest absolute Gasteiger partial charge is 0.323 e. The Balaban J connectivity index is 1.68. The van der Waals surface area contributed by atoms with Gasteiger partial charge >= 0.3 is 5.97 Å². The van der Waals surface area contributed by atoms with E-state index < -0.39 is 5.97 Å². The summed E-state index contributed by atoms with van der Waals surface area (Å²) in [6.45, 7) is 4.62. The summed E-state index contributed by atoms with van der Waals surface area (Å²) in [5, 5.41) is 11.1. The second kappa shape index (κ2) is 8.42. The Labute approximate surface area is 164 Å². The average Bonchev–Trinajstić information content (AvgIpc) is 2.87. The summed E-state index contributed by atoms with van der Waals surface area (Å²) >= 11 is 1.70. The number of thiophene rings is 1. The Morgan fingerprint density at radius 2 is 2.04 bits per heavy atom. The number of amides is 2. The molecule has 1 aromatic rings. The third kappa shape index (κ3) is 4.51. The number of hydrogen-bond donors (Lipinski definition) is 1. The number of nitrogens with zero attached hydrogens (tertiary/aromatic N) is 2. The highest BCUT2D eigenvalue weighted by Crippen LogP contribution is 2.33. The fraction of sp³-hybridized carbons (Fsp3) is 0.650. The van der Waals surface area contributed by atoms with Gasteiger partial charge < -0.3 is 14.9 Å². The van der Waals surface area contributed by atoms with Crippen LogP contribution in [0.15, 0.2) is 5.38 Å². The molecule has 1 fully saturated rings. The first-order chi connectivity index (χ1) is 12.9. The third-order valence-corrected chi connectivity index (χ3v) is 6.82. The Hall–Kier alpha value is -1.89. The summed E-state index contributed by atoms with van der Waals surface area (Å²) < 4.78 is 0. The van der Waals surface area contributed by atoms with Crippen LogP contribution in [0.4, 0.5) is 0 Å². The lowest BCUT2D eigenvalue weighted by atomic mass is 9.88. The number of fused-ring (bicyclic) bond motifs is 1. The van der Waals surface area contributed by atoms with E-state index in [4.69, 9.17) is 5.11 Å². The lowest BCUT2D eigenvalue weighted by Crippen LogP contribution is -2.43. The van der Waals surface area contributed by atoms with Gasteiger partial charge in [-0.1, -0.05) is 6.92 Å². The zero-order valence-electron chi connectivity index (χ0n) is 16.1. The normalized spacial score (nSPS) is 22.7. The van der Waals surface area contributed by atoms with E-state index in [1.54, 1.807) is 11.3 Å². The molecule has 1 aliphatic heterocycles. The minimum Gasteiger partial charge on any atom is -0.480 e. The molecular weight excluding hydrogens is 364 g/mol. The molecule has 2 unspecified atom stereocenters. The van der Waals surface area contributed by atoms with Crippen LogP contribution in [0.3, 0.4) is 0 Å². The van der Waals surface area contributed by atoms with Crippen molar-refractivity contribution in [2.24, 2.45) is 5.92 Å². The molecule has 2 amide bonds. The summed E-state index contributed by atoms with van der Waals surface area (Å²) in [6, 6.07) is -0.117. The SMILES string of the molecule is CC(=O)N(CC(=O)O)C1CCCN(C(=O)c2csc3c2CCC(C)C3)CC1. The molecule has 0 aromatic carbocycles. The Bertz CT molecular complexity index is 730. The van der Waals surface area contributed by atoms with Crippen LogP contribution in [-0.4, -0.2) is 58.4 Å². The van der Waals surface area contributed by atoms with Crippen molar-refractivity contribution in [1.82, 2.24) is 9.80 Å². The molecule has 6 nitrogen and oxygen atoms in total. The van der Waals surface area contributed by atoms with Crippen molar-refractivity contribution in [2.45, 2.75) is 58.4 Å². The number of carbonyl (C=O) groups is 3. The molecule has 27 heavy (non-hydrogen) atoms. The quantitative estimate of drug-likeness (QED) is 0.855. The predicted molar refractivity (Wildman–Crippen MR) is 104 cm³/mol. The maximum Gasteiger partial charge on any atom is 0.323 e. The maximum absolute atomic E-state index is 13.1. The number of carboxylic acids is 1. The number of hydrogen-bond acceptors (Lipinski definition) is 4. The first-order valence-corrected chi connectivity index (χ1v) is 10.6. The van der Waals surface area contributed by atoms with Crippen molar-refractivity contribution in [3.05, 3.63) is 21.4 Å². The zero-order valence-corrected chi connectivity index (χ0v) is 16.9. The van der Waals surface area contributed by atoms with Gasteiger partial charge in [0.25, 0.3) is 5.91 Å². The molecule has 2 heterocycles. The van der Waals surface area contributed by atoms with Crippen LogP contribution in [-0.2, 0) is 22.4 Å². The number of aliphatic carboxylic acids is 1. The first-order valence-electron chi connectivity index (χ1n) is 9.74. The second-order valence-corrected chi connectivity index (χ2v) is 8.78. The van der Waals surface area contributed by atoms with Crippen LogP contribution < -0.4 is 0 Å². The lowest BCUT2D eigenvalue weighted by Gasteiger charge is -2.29. The van der Waals surface area contributed by atoms with Crippen LogP contribution in [0, 0.1) is 5.92 Å². The molecule has 0 spiro atoms. The van der Waals surface area contributed by atoms with Gasteiger partial charge in [-0.15, -0.1) is 11.3 Å². The van der Waals surface area contributed by atoms with Crippen LogP contribution >= 0.6 is 11.3 Å². The molecule has 0 saturated carbocycles. The fourth-order valence-electron chi connectivity index (χ4n) is 4.26.